The molecule has 34 heavy (non-hydrogen) atoms. The van der Waals surface area contributed by atoms with Gasteiger partial charge in [-0.2, -0.15) is 10.2 Å². The summed E-state index contributed by atoms with van der Waals surface area (Å²) in [7, 11) is 0. The normalized spacial score (nSPS) is 12.8. The SMILES string of the molecule is C(=N\Nc1ccc2ccccc2n1)/c1cn(-c2ccccc2)nc1-c1ccc2c(c1)OCCO2. The summed E-state index contributed by atoms with van der Waals surface area (Å²) in [6.45, 7) is 1.09. The van der Waals surface area contributed by atoms with Crippen LogP contribution < -0.4 is 14.9 Å². The third kappa shape index (κ3) is 3.95. The van der Waals surface area contributed by atoms with Crippen molar-refractivity contribution in [3.8, 4) is 28.4 Å². The second-order valence-electron chi connectivity index (χ2n) is 7.83. The van der Waals surface area contributed by atoms with E-state index in [-0.39, 0.29) is 0 Å². The highest BCUT2D eigenvalue weighted by Gasteiger charge is 2.16. The molecule has 5 aromatic rings. The van der Waals surface area contributed by atoms with E-state index in [1.165, 1.54) is 0 Å². The standard InChI is InChI=1S/C27H21N5O2/c1-2-7-22(8-3-1)32-18-21(17-28-30-26-13-11-19-6-4-5-9-23(19)29-26)27(31-32)20-10-12-24-25(16-20)34-15-14-33-24/h1-13,16-18H,14-15H2,(H,29,30)/b28-17+. The predicted octanol–water partition coefficient (Wildman–Crippen LogP) is 5.30. The van der Waals surface area contributed by atoms with Gasteiger partial charge in [-0.05, 0) is 48.5 Å². The van der Waals surface area contributed by atoms with Crippen molar-refractivity contribution in [1.29, 1.82) is 0 Å². The fraction of sp³-hybridized carbons (Fsp3) is 0.0741. The van der Waals surface area contributed by atoms with E-state index in [1.807, 2.05) is 95.8 Å². The van der Waals surface area contributed by atoms with Crippen LogP contribution in [0.5, 0.6) is 11.5 Å². The van der Waals surface area contributed by atoms with E-state index in [1.54, 1.807) is 6.21 Å². The second-order valence-corrected chi connectivity index (χ2v) is 7.83. The van der Waals surface area contributed by atoms with Crippen LogP contribution >= 0.6 is 0 Å². The van der Waals surface area contributed by atoms with E-state index in [4.69, 9.17) is 14.6 Å². The number of aromatic nitrogens is 3. The third-order valence-corrected chi connectivity index (χ3v) is 5.56. The van der Waals surface area contributed by atoms with Crippen LogP contribution in [-0.4, -0.2) is 34.2 Å². The van der Waals surface area contributed by atoms with E-state index in [2.05, 4.69) is 15.5 Å². The van der Waals surface area contributed by atoms with Crippen LogP contribution in [0.4, 0.5) is 5.82 Å². The molecule has 7 nitrogen and oxygen atoms in total. The molecule has 1 N–H and O–H groups in total. The third-order valence-electron chi connectivity index (χ3n) is 5.56. The number of pyridine rings is 1. The maximum atomic E-state index is 5.78. The average molecular weight is 447 g/mol. The van der Waals surface area contributed by atoms with E-state index < -0.39 is 0 Å². The first kappa shape index (κ1) is 20.0. The van der Waals surface area contributed by atoms with Crippen LogP contribution in [0.3, 0.4) is 0 Å². The van der Waals surface area contributed by atoms with Crippen LogP contribution in [0, 0.1) is 0 Å². The maximum Gasteiger partial charge on any atom is 0.162 e. The molecular formula is C27H21N5O2. The molecule has 0 atom stereocenters. The molecule has 0 unspecified atom stereocenters. The Kier molecular flexibility index (Phi) is 5.12. The van der Waals surface area contributed by atoms with Gasteiger partial charge in [-0.3, -0.25) is 5.43 Å². The molecule has 0 radical (unpaired) electrons. The van der Waals surface area contributed by atoms with Gasteiger partial charge in [-0.25, -0.2) is 9.67 Å². The van der Waals surface area contributed by atoms with Crippen LogP contribution in [0.15, 0.2) is 96.2 Å². The number of ether oxygens (including phenoxy) is 2. The minimum atomic E-state index is 0.534. The van der Waals surface area contributed by atoms with Gasteiger partial charge in [0, 0.05) is 22.7 Å². The summed E-state index contributed by atoms with van der Waals surface area (Å²) in [5.74, 6) is 2.14. The number of anilines is 1. The highest BCUT2D eigenvalue weighted by Crippen LogP contribution is 2.35. The molecule has 0 spiro atoms. The van der Waals surface area contributed by atoms with Crippen molar-refractivity contribution < 1.29 is 9.47 Å². The molecule has 0 aliphatic carbocycles. The zero-order valence-corrected chi connectivity index (χ0v) is 18.3. The number of nitrogens with one attached hydrogen (secondary N) is 1. The summed E-state index contributed by atoms with van der Waals surface area (Å²) in [4.78, 5) is 4.61. The molecule has 3 heterocycles. The van der Waals surface area contributed by atoms with Crippen LogP contribution in [0.1, 0.15) is 5.56 Å². The highest BCUT2D eigenvalue weighted by molar-refractivity contribution is 5.89. The number of benzene rings is 3. The summed E-state index contributed by atoms with van der Waals surface area (Å²) >= 11 is 0. The van der Waals surface area contributed by atoms with Gasteiger partial charge >= 0.3 is 0 Å². The molecule has 6 rings (SSSR count). The summed E-state index contributed by atoms with van der Waals surface area (Å²) < 4.78 is 13.3. The van der Waals surface area contributed by atoms with E-state index in [9.17, 15) is 0 Å². The Labute approximate surface area is 196 Å². The first-order valence-electron chi connectivity index (χ1n) is 11.0. The largest absolute Gasteiger partial charge is 0.486 e. The monoisotopic (exact) mass is 447 g/mol. The predicted molar refractivity (Wildman–Crippen MR) is 133 cm³/mol. The fourth-order valence-electron chi connectivity index (χ4n) is 3.91. The first-order chi connectivity index (χ1) is 16.8. The van der Waals surface area contributed by atoms with E-state index in [0.717, 1.165) is 44.9 Å². The molecule has 1 aliphatic rings. The lowest BCUT2D eigenvalue weighted by Crippen LogP contribution is -2.15. The minimum absolute atomic E-state index is 0.534. The Hall–Kier alpha value is -4.65. The van der Waals surface area contributed by atoms with Gasteiger partial charge in [0.15, 0.2) is 11.5 Å². The van der Waals surface area contributed by atoms with Crippen molar-refractivity contribution in [2.75, 3.05) is 18.6 Å². The van der Waals surface area contributed by atoms with Gasteiger partial charge in [-0.1, -0.05) is 36.4 Å². The number of rotatable bonds is 5. The first-order valence-corrected chi connectivity index (χ1v) is 11.0. The van der Waals surface area contributed by atoms with Gasteiger partial charge in [0.1, 0.15) is 24.7 Å². The molecule has 166 valence electrons. The van der Waals surface area contributed by atoms with Crippen LogP contribution in [0.25, 0.3) is 27.8 Å². The number of hydrogen-bond donors (Lipinski definition) is 1. The number of nitrogens with zero attached hydrogens (tertiary/aromatic N) is 4. The van der Waals surface area contributed by atoms with Gasteiger partial charge in [0.05, 0.1) is 17.4 Å². The molecule has 0 bridgehead atoms. The molecule has 2 aromatic heterocycles. The average Bonchev–Trinajstić information content (AvgIpc) is 3.33. The van der Waals surface area contributed by atoms with Crippen molar-refractivity contribution in [2.45, 2.75) is 0 Å². The molecule has 0 saturated carbocycles. The lowest BCUT2D eigenvalue weighted by molar-refractivity contribution is 0.171. The van der Waals surface area contributed by atoms with Crippen LogP contribution in [-0.2, 0) is 0 Å². The maximum absolute atomic E-state index is 5.78. The number of hydrogen-bond acceptors (Lipinski definition) is 6. The molecule has 3 aromatic carbocycles. The number of para-hydroxylation sites is 2. The minimum Gasteiger partial charge on any atom is -0.486 e. The smallest absolute Gasteiger partial charge is 0.162 e. The molecule has 0 amide bonds. The molecule has 1 aliphatic heterocycles. The molecular weight excluding hydrogens is 426 g/mol. The van der Waals surface area contributed by atoms with E-state index >= 15 is 0 Å². The van der Waals surface area contributed by atoms with Gasteiger partial charge < -0.3 is 9.47 Å². The molecule has 0 saturated heterocycles. The quantitative estimate of drug-likeness (QED) is 0.292. The Balaban J connectivity index is 1.35. The molecule has 7 heteroatoms. The zero-order valence-electron chi connectivity index (χ0n) is 18.3. The topological polar surface area (TPSA) is 73.6 Å². The highest BCUT2D eigenvalue weighted by atomic mass is 16.6. The number of hydrazone groups is 1. The summed E-state index contributed by atoms with van der Waals surface area (Å²) in [5, 5.41) is 10.4. The molecule has 0 fully saturated rings. The van der Waals surface area contributed by atoms with Crippen molar-refractivity contribution in [1.82, 2.24) is 14.8 Å². The Morgan fingerprint density at radius 3 is 2.59 bits per heavy atom. The Morgan fingerprint density at radius 2 is 1.68 bits per heavy atom. The second kappa shape index (κ2) is 8.71. The summed E-state index contributed by atoms with van der Waals surface area (Å²) in [5.41, 5.74) is 7.48. The zero-order chi connectivity index (χ0) is 22.7. The van der Waals surface area contributed by atoms with Crippen molar-refractivity contribution in [2.24, 2.45) is 5.10 Å². The number of fused-ring (bicyclic) bond motifs is 2. The van der Waals surface area contributed by atoms with Gasteiger partial charge in [-0.15, -0.1) is 0 Å². The fourth-order valence-corrected chi connectivity index (χ4v) is 3.91. The Bertz CT molecular complexity index is 1490. The lowest BCUT2D eigenvalue weighted by Gasteiger charge is -2.18. The van der Waals surface area contributed by atoms with Crippen molar-refractivity contribution in [3.63, 3.8) is 0 Å². The van der Waals surface area contributed by atoms with Crippen LogP contribution in [0.2, 0.25) is 0 Å². The van der Waals surface area contributed by atoms with Gasteiger partial charge in [0.25, 0.3) is 0 Å². The summed E-state index contributed by atoms with van der Waals surface area (Å²) in [6, 6.07) is 27.8. The van der Waals surface area contributed by atoms with Crippen molar-refractivity contribution in [3.05, 3.63) is 96.7 Å². The van der Waals surface area contributed by atoms with Crippen molar-refractivity contribution >= 4 is 22.9 Å². The summed E-state index contributed by atoms with van der Waals surface area (Å²) in [6.07, 6.45) is 3.72. The van der Waals surface area contributed by atoms with E-state index in [0.29, 0.717) is 19.0 Å². The Morgan fingerprint density at radius 1 is 0.853 bits per heavy atom. The van der Waals surface area contributed by atoms with Gasteiger partial charge in [0.2, 0.25) is 0 Å². The lowest BCUT2D eigenvalue weighted by atomic mass is 10.1.